The zero-order valence-corrected chi connectivity index (χ0v) is 41.1. The molecule has 0 unspecified atom stereocenters. The summed E-state index contributed by atoms with van der Waals surface area (Å²) in [6, 6.07) is 23.3. The molecule has 0 aliphatic carbocycles. The molecule has 3 amide bonds. The standard InChI is InChI=1S/C48H56Cl3N3O17/c1-5-21-62-44(59)34(52-46(60)66-25-33-19-13-8-14-20-33)22-36(57)53-43-37(54-47(61)67-27-48(49,50)51)40(63-23-31-15-9-6-10-16-31)38(58)35(71-43)26-65-45-42(64-24-32-17-11-7-12-18-32)41(70-30(4)56)39(28(2)68-45)69-29(3)55/h5-20,28,34-35,37-43,45,58H,1,21-27H2,2-4H3,(H,52,60)(H,53,57)(H,54,61)/t28-,34-,35+,37+,38+,39+,40+,41+,42-,43+,45+/m0/s1. The zero-order chi connectivity index (χ0) is 51.5. The molecule has 0 spiro atoms. The van der Waals surface area contributed by atoms with E-state index < -0.39 is 127 Å². The van der Waals surface area contributed by atoms with Gasteiger partial charge in [0.25, 0.3) is 0 Å². The summed E-state index contributed by atoms with van der Waals surface area (Å²) in [5.41, 5.74) is 2.01. The van der Waals surface area contributed by atoms with Crippen molar-refractivity contribution in [2.75, 3.05) is 19.8 Å². The van der Waals surface area contributed by atoms with E-state index >= 15 is 0 Å². The van der Waals surface area contributed by atoms with Crippen molar-refractivity contribution >= 4 is 70.8 Å². The van der Waals surface area contributed by atoms with Crippen LogP contribution in [-0.2, 0) is 86.4 Å². The molecule has 71 heavy (non-hydrogen) atoms. The number of hydrogen-bond acceptors (Lipinski definition) is 17. The van der Waals surface area contributed by atoms with Crippen LogP contribution in [0.3, 0.4) is 0 Å². The number of amides is 3. The fourth-order valence-electron chi connectivity index (χ4n) is 7.33. The largest absolute Gasteiger partial charge is 0.460 e. The molecule has 2 aliphatic rings. The zero-order valence-electron chi connectivity index (χ0n) is 38.9. The molecule has 4 N–H and O–H groups in total. The normalized spacial score (nSPS) is 24.5. The van der Waals surface area contributed by atoms with Crippen molar-refractivity contribution < 1.29 is 81.2 Å². The van der Waals surface area contributed by atoms with Crippen LogP contribution in [0.2, 0.25) is 0 Å². The first-order chi connectivity index (χ1) is 33.9. The minimum Gasteiger partial charge on any atom is -0.460 e. The Hall–Kier alpha value is -5.55. The summed E-state index contributed by atoms with van der Waals surface area (Å²) in [6.07, 6.45) is -13.9. The average Bonchev–Trinajstić information content (AvgIpc) is 3.33. The smallest absolute Gasteiger partial charge is 0.408 e. The van der Waals surface area contributed by atoms with Gasteiger partial charge in [0.1, 0.15) is 56.3 Å². The number of aliphatic hydroxyl groups excluding tert-OH is 1. The van der Waals surface area contributed by atoms with Gasteiger partial charge in [0.2, 0.25) is 9.70 Å². The highest BCUT2D eigenvalue weighted by Crippen LogP contribution is 2.32. The summed E-state index contributed by atoms with van der Waals surface area (Å²) in [6.45, 7) is 5.55. The van der Waals surface area contributed by atoms with Gasteiger partial charge in [-0.25, -0.2) is 14.4 Å². The molecule has 3 aromatic rings. The molecule has 0 radical (unpaired) electrons. The summed E-state index contributed by atoms with van der Waals surface area (Å²) in [7, 11) is 0. The number of carbonyl (C=O) groups excluding carboxylic acids is 6. The maximum atomic E-state index is 14.1. The third kappa shape index (κ3) is 18.5. The fraction of sp³-hybridized carbons (Fsp3) is 0.458. The average molecular weight is 1050 g/mol. The lowest BCUT2D eigenvalue weighted by atomic mass is 9.95. The number of alkyl halides is 3. The monoisotopic (exact) mass is 1050 g/mol. The van der Waals surface area contributed by atoms with E-state index in [4.69, 9.17) is 82.2 Å². The fourth-order valence-corrected chi connectivity index (χ4v) is 7.49. The van der Waals surface area contributed by atoms with Crippen LogP contribution in [-0.4, -0.2) is 132 Å². The molecule has 2 aliphatic heterocycles. The molecule has 3 aromatic carbocycles. The maximum absolute atomic E-state index is 14.1. The second kappa shape index (κ2) is 27.9. The SMILES string of the molecule is C=CCOC(=O)[C@H](CC(=O)N[C@@H]1O[C@H](CO[C@@H]2O[C@@H](C)[C@@H](OC(C)=O)[C@@H](OC(C)=O)[C@@H]2OCc2ccccc2)[C@@H](O)[C@H](OCc2ccccc2)[C@H]1NC(=O)OCC(Cl)(Cl)Cl)NC(=O)OCc1ccccc1. The Labute approximate surface area is 424 Å². The third-order valence-corrected chi connectivity index (χ3v) is 10.9. The van der Waals surface area contributed by atoms with E-state index in [-0.39, 0.29) is 26.4 Å². The number of carbonyl (C=O) groups is 6. The molecule has 0 aromatic heterocycles. The molecule has 386 valence electrons. The number of hydrogen-bond donors (Lipinski definition) is 4. The number of ether oxygens (including phenoxy) is 10. The van der Waals surface area contributed by atoms with Gasteiger partial charge >= 0.3 is 30.1 Å². The molecule has 0 saturated carbocycles. The number of aliphatic hydroxyl groups is 1. The van der Waals surface area contributed by atoms with Crippen molar-refractivity contribution in [1.29, 1.82) is 0 Å². The van der Waals surface area contributed by atoms with Crippen LogP contribution < -0.4 is 16.0 Å². The molecular weight excluding hydrogens is 997 g/mol. The van der Waals surface area contributed by atoms with E-state index in [1.54, 1.807) is 91.9 Å². The van der Waals surface area contributed by atoms with Gasteiger partial charge in [-0.3, -0.25) is 14.4 Å². The van der Waals surface area contributed by atoms with Gasteiger partial charge in [0.05, 0.1) is 32.3 Å². The Morgan fingerprint density at radius 2 is 1.25 bits per heavy atom. The minimum atomic E-state index is -2.03. The van der Waals surface area contributed by atoms with Crippen molar-refractivity contribution in [3.8, 4) is 0 Å². The lowest BCUT2D eigenvalue weighted by Gasteiger charge is -2.46. The Balaban J connectivity index is 1.45. The Morgan fingerprint density at radius 3 is 1.80 bits per heavy atom. The highest BCUT2D eigenvalue weighted by atomic mass is 35.6. The topological polar surface area (TPSA) is 251 Å². The molecule has 11 atom stereocenters. The van der Waals surface area contributed by atoms with Crippen LogP contribution in [0.15, 0.2) is 104 Å². The quantitative estimate of drug-likeness (QED) is 0.0454. The summed E-state index contributed by atoms with van der Waals surface area (Å²) in [5, 5.41) is 19.6. The van der Waals surface area contributed by atoms with Gasteiger partial charge in [-0.2, -0.15) is 0 Å². The van der Waals surface area contributed by atoms with Gasteiger partial charge in [-0.15, -0.1) is 0 Å². The number of rotatable bonds is 22. The molecule has 2 saturated heterocycles. The van der Waals surface area contributed by atoms with Crippen LogP contribution >= 0.6 is 34.8 Å². The van der Waals surface area contributed by atoms with E-state index in [2.05, 4.69) is 22.5 Å². The van der Waals surface area contributed by atoms with E-state index in [9.17, 15) is 33.9 Å². The van der Waals surface area contributed by atoms with E-state index in [0.717, 1.165) is 5.56 Å². The van der Waals surface area contributed by atoms with Crippen LogP contribution in [0.5, 0.6) is 0 Å². The first-order valence-corrected chi connectivity index (χ1v) is 23.3. The van der Waals surface area contributed by atoms with Gasteiger partial charge < -0.3 is 68.4 Å². The first-order valence-electron chi connectivity index (χ1n) is 22.2. The maximum Gasteiger partial charge on any atom is 0.408 e. The minimum absolute atomic E-state index is 0.0385. The van der Waals surface area contributed by atoms with Gasteiger partial charge in [-0.05, 0) is 23.6 Å². The Kier molecular flexibility index (Phi) is 22.1. The molecule has 20 nitrogen and oxygen atoms in total. The first kappa shape index (κ1) is 56.4. The van der Waals surface area contributed by atoms with Crippen molar-refractivity contribution in [2.24, 2.45) is 0 Å². The molecular formula is C48H56Cl3N3O17. The molecule has 0 bridgehead atoms. The van der Waals surface area contributed by atoms with Crippen molar-refractivity contribution in [3.05, 3.63) is 120 Å². The summed E-state index contributed by atoms with van der Waals surface area (Å²) < 4.78 is 56.2. The number of esters is 3. The Morgan fingerprint density at radius 1 is 0.704 bits per heavy atom. The van der Waals surface area contributed by atoms with Crippen LogP contribution in [0.1, 0.15) is 43.9 Å². The number of benzene rings is 3. The van der Waals surface area contributed by atoms with E-state index in [1.165, 1.54) is 19.9 Å². The lowest BCUT2D eigenvalue weighted by molar-refractivity contribution is -0.318. The molecule has 5 rings (SSSR count). The second-order valence-corrected chi connectivity index (χ2v) is 18.6. The van der Waals surface area contributed by atoms with Crippen LogP contribution in [0.4, 0.5) is 9.59 Å². The second-order valence-electron chi connectivity index (χ2n) is 16.1. The molecule has 2 heterocycles. The van der Waals surface area contributed by atoms with Crippen molar-refractivity contribution in [3.63, 3.8) is 0 Å². The summed E-state index contributed by atoms with van der Waals surface area (Å²) >= 11 is 17.5. The third-order valence-electron chi connectivity index (χ3n) is 10.5. The lowest BCUT2D eigenvalue weighted by Crippen LogP contribution is -2.69. The summed E-state index contributed by atoms with van der Waals surface area (Å²) in [4.78, 5) is 78.4. The predicted molar refractivity (Wildman–Crippen MR) is 252 cm³/mol. The highest BCUT2D eigenvalue weighted by molar-refractivity contribution is 6.67. The number of alkyl carbamates (subject to hydrolysis) is 2. The van der Waals surface area contributed by atoms with Gasteiger partial charge in [-0.1, -0.05) is 138 Å². The van der Waals surface area contributed by atoms with Gasteiger partial charge in [0, 0.05) is 13.8 Å². The van der Waals surface area contributed by atoms with Gasteiger partial charge in [0.15, 0.2) is 24.7 Å². The Bertz CT molecular complexity index is 2210. The van der Waals surface area contributed by atoms with E-state index in [0.29, 0.717) is 11.1 Å². The van der Waals surface area contributed by atoms with Crippen LogP contribution in [0.25, 0.3) is 0 Å². The predicted octanol–water partition coefficient (Wildman–Crippen LogP) is 4.86. The summed E-state index contributed by atoms with van der Waals surface area (Å²) in [5.74, 6) is -3.38. The molecule has 23 heteroatoms. The van der Waals surface area contributed by atoms with Crippen LogP contribution in [0, 0.1) is 0 Å². The van der Waals surface area contributed by atoms with Crippen molar-refractivity contribution in [2.45, 2.75) is 118 Å². The number of halogens is 3. The van der Waals surface area contributed by atoms with E-state index in [1.807, 2.05) is 6.07 Å². The molecule has 2 fully saturated rings. The number of nitrogens with one attached hydrogen (secondary N) is 3. The highest BCUT2D eigenvalue weighted by Gasteiger charge is 2.52. The van der Waals surface area contributed by atoms with Crippen molar-refractivity contribution in [1.82, 2.24) is 16.0 Å².